The predicted octanol–water partition coefficient (Wildman–Crippen LogP) is 13.1. The van der Waals surface area contributed by atoms with Gasteiger partial charge in [0.15, 0.2) is 23.3 Å². The number of pyridine rings is 1. The van der Waals surface area contributed by atoms with Crippen LogP contribution in [-0.4, -0.2) is 4.57 Å². The third-order valence-electron chi connectivity index (χ3n) is 12.5. The van der Waals surface area contributed by atoms with Gasteiger partial charge in [-0.3, -0.25) is 0 Å². The molecule has 0 bridgehead atoms. The SMILES string of the molecule is C=CC1C(C([n+]2c(C)n(-c3c(C(C)C)cc(-c4ccc(-c5ccccc5)cc4)cc3C(C)C)c3ccccc32)C(C)(C#N)/C=C\C)c2cc(F)ccc2-c2cccc[n+]21. The maximum atomic E-state index is 15.6. The van der Waals surface area contributed by atoms with Crippen LogP contribution in [0.25, 0.3) is 50.2 Å². The first-order chi connectivity index (χ1) is 28.5. The number of imidazole rings is 1. The number of fused-ring (bicyclic) bond motifs is 4. The van der Waals surface area contributed by atoms with Gasteiger partial charge in [-0.2, -0.15) is 14.4 Å². The van der Waals surface area contributed by atoms with Gasteiger partial charge < -0.3 is 0 Å². The molecule has 1 aliphatic heterocycles. The Hall–Kier alpha value is -6.38. The van der Waals surface area contributed by atoms with E-state index in [0.29, 0.717) is 0 Å². The normalized spacial score (nSPS) is 16.5. The lowest BCUT2D eigenvalue weighted by atomic mass is 9.68. The van der Waals surface area contributed by atoms with E-state index in [0.717, 1.165) is 33.7 Å². The number of benzene rings is 5. The summed E-state index contributed by atoms with van der Waals surface area (Å²) in [5, 5.41) is 11.3. The van der Waals surface area contributed by atoms with Crippen molar-refractivity contribution in [1.29, 1.82) is 5.26 Å². The maximum absolute atomic E-state index is 15.6. The van der Waals surface area contributed by atoms with Crippen LogP contribution in [0, 0.1) is 29.5 Å². The number of hydrogen-bond donors (Lipinski definition) is 0. The molecular weight excluding hydrogens is 724 g/mol. The number of nitrogens with zero attached hydrogens (tertiary/aromatic N) is 4. The van der Waals surface area contributed by atoms with Crippen molar-refractivity contribution in [3.63, 3.8) is 0 Å². The minimum Gasteiger partial charge on any atom is -0.221 e. The lowest BCUT2D eigenvalue weighted by Gasteiger charge is -2.38. The maximum Gasteiger partial charge on any atom is 0.259 e. The Morgan fingerprint density at radius 1 is 0.780 bits per heavy atom. The smallest absolute Gasteiger partial charge is 0.221 e. The van der Waals surface area contributed by atoms with E-state index in [9.17, 15) is 5.26 Å². The van der Waals surface area contributed by atoms with E-state index in [1.54, 1.807) is 12.1 Å². The Bertz CT molecular complexity index is 2740. The van der Waals surface area contributed by atoms with Crippen molar-refractivity contribution < 1.29 is 13.5 Å². The number of para-hydroxylation sites is 2. The summed E-state index contributed by atoms with van der Waals surface area (Å²) in [5.74, 6) is 0.739. The molecule has 0 fully saturated rings. The summed E-state index contributed by atoms with van der Waals surface area (Å²) in [7, 11) is 0. The molecule has 4 nitrogen and oxygen atoms in total. The highest BCUT2D eigenvalue weighted by Crippen LogP contribution is 2.51. The zero-order valence-corrected chi connectivity index (χ0v) is 35.2. The van der Waals surface area contributed by atoms with Crippen molar-refractivity contribution in [2.75, 3.05) is 0 Å². The summed E-state index contributed by atoms with van der Waals surface area (Å²) in [6, 6.07) is 46.0. The molecule has 7 aromatic rings. The highest BCUT2D eigenvalue weighted by Gasteiger charge is 2.54. The first-order valence-electron chi connectivity index (χ1n) is 20.8. The zero-order valence-electron chi connectivity index (χ0n) is 35.2. The molecule has 8 rings (SSSR count). The van der Waals surface area contributed by atoms with Crippen LogP contribution in [0.5, 0.6) is 0 Å². The van der Waals surface area contributed by atoms with Crippen LogP contribution in [0.3, 0.4) is 0 Å². The van der Waals surface area contributed by atoms with Gasteiger partial charge in [0.2, 0.25) is 5.69 Å². The molecule has 5 aromatic carbocycles. The van der Waals surface area contributed by atoms with Crippen molar-refractivity contribution in [2.45, 2.75) is 78.3 Å². The lowest BCUT2D eigenvalue weighted by Crippen LogP contribution is -2.57. The Balaban J connectivity index is 1.41. The van der Waals surface area contributed by atoms with E-state index in [-0.39, 0.29) is 29.6 Å². The van der Waals surface area contributed by atoms with Gasteiger partial charge in [0.05, 0.1) is 17.6 Å². The van der Waals surface area contributed by atoms with E-state index in [2.05, 4.69) is 158 Å². The number of allylic oxidation sites excluding steroid dienone is 3. The van der Waals surface area contributed by atoms with Crippen molar-refractivity contribution in [3.8, 4) is 45.3 Å². The molecule has 0 N–H and O–H groups in total. The van der Waals surface area contributed by atoms with E-state index in [1.807, 2.05) is 56.3 Å². The standard InChI is InChI=1S/C54H53FN4/c1-9-29-54(8,34-56)53(51-46-33-42(55)27-28-43(46)48-20-16-17-30-57(48)47(51)10-2)59-37(7)58(49-21-14-15-22-50(49)59)52-44(35(3)4)31-41(32-45(52)36(5)6)40-25-23-39(24-26-40)38-18-12-11-13-19-38/h9-33,35-36,47,51,53H,2H2,1,3-8H3/q+2/b29-9-. The largest absolute Gasteiger partial charge is 0.259 e. The fraction of sp³-hybridized carbons (Fsp3) is 0.241. The summed E-state index contributed by atoms with van der Waals surface area (Å²) in [4.78, 5) is 0. The third-order valence-corrected chi connectivity index (χ3v) is 12.5. The topological polar surface area (TPSA) is 36.5 Å². The van der Waals surface area contributed by atoms with Gasteiger partial charge in [-0.1, -0.05) is 113 Å². The van der Waals surface area contributed by atoms with Gasteiger partial charge >= 0.3 is 0 Å². The quantitative estimate of drug-likeness (QED) is 0.101. The van der Waals surface area contributed by atoms with Crippen LogP contribution in [0.2, 0.25) is 0 Å². The zero-order chi connectivity index (χ0) is 41.6. The molecule has 4 atom stereocenters. The molecular formula is C54H53FN4+2. The van der Waals surface area contributed by atoms with Gasteiger partial charge in [-0.25, -0.2) is 8.96 Å². The minimum absolute atomic E-state index is 0.203. The average molecular weight is 777 g/mol. The fourth-order valence-electron chi connectivity index (χ4n) is 9.73. The van der Waals surface area contributed by atoms with Crippen molar-refractivity contribution in [1.82, 2.24) is 4.57 Å². The Kier molecular flexibility index (Phi) is 10.5. The second-order valence-corrected chi connectivity index (χ2v) is 16.8. The molecule has 0 spiro atoms. The molecule has 0 radical (unpaired) electrons. The Morgan fingerprint density at radius 2 is 1.39 bits per heavy atom. The van der Waals surface area contributed by atoms with Gasteiger partial charge in [0.25, 0.3) is 5.82 Å². The molecule has 0 amide bonds. The average Bonchev–Trinajstić information content (AvgIpc) is 3.54. The van der Waals surface area contributed by atoms with Crippen LogP contribution >= 0.6 is 0 Å². The first kappa shape index (κ1) is 39.4. The summed E-state index contributed by atoms with van der Waals surface area (Å²) in [6.07, 6.45) is 8.05. The molecule has 294 valence electrons. The molecule has 59 heavy (non-hydrogen) atoms. The summed E-state index contributed by atoms with van der Waals surface area (Å²) < 4.78 is 22.7. The molecule has 4 unspecified atom stereocenters. The van der Waals surface area contributed by atoms with E-state index in [4.69, 9.17) is 0 Å². The van der Waals surface area contributed by atoms with Crippen LogP contribution in [0.4, 0.5) is 4.39 Å². The molecule has 3 heterocycles. The molecule has 0 saturated heterocycles. The second-order valence-electron chi connectivity index (χ2n) is 16.8. The number of halogens is 1. The summed E-state index contributed by atoms with van der Waals surface area (Å²) in [6.45, 7) is 19.7. The third kappa shape index (κ3) is 6.71. The predicted molar refractivity (Wildman–Crippen MR) is 239 cm³/mol. The van der Waals surface area contributed by atoms with Gasteiger partial charge in [0, 0.05) is 30.2 Å². The van der Waals surface area contributed by atoms with Crippen LogP contribution in [0.15, 0.2) is 158 Å². The molecule has 5 heteroatoms. The van der Waals surface area contributed by atoms with Crippen molar-refractivity contribution in [3.05, 3.63) is 187 Å². The van der Waals surface area contributed by atoms with Crippen LogP contribution in [-0.2, 0) is 0 Å². The lowest BCUT2D eigenvalue weighted by molar-refractivity contribution is -0.749. The molecule has 0 aliphatic carbocycles. The minimum atomic E-state index is -1.01. The molecule has 2 aromatic heterocycles. The Labute approximate surface area is 348 Å². The van der Waals surface area contributed by atoms with E-state index < -0.39 is 11.5 Å². The van der Waals surface area contributed by atoms with Gasteiger partial charge in [-0.05, 0) is 108 Å². The number of aromatic nitrogens is 3. The monoisotopic (exact) mass is 776 g/mol. The van der Waals surface area contributed by atoms with Crippen LogP contribution in [0.1, 0.15) is 93.9 Å². The van der Waals surface area contributed by atoms with Crippen LogP contribution < -0.4 is 9.13 Å². The molecule has 1 aliphatic rings. The van der Waals surface area contributed by atoms with Gasteiger partial charge in [0.1, 0.15) is 23.0 Å². The summed E-state index contributed by atoms with van der Waals surface area (Å²) >= 11 is 0. The van der Waals surface area contributed by atoms with E-state index >= 15 is 4.39 Å². The fourth-order valence-corrected chi connectivity index (χ4v) is 9.73. The second kappa shape index (κ2) is 15.8. The van der Waals surface area contributed by atoms with Gasteiger partial charge in [-0.15, -0.1) is 0 Å². The first-order valence-corrected chi connectivity index (χ1v) is 20.8. The molecule has 0 saturated carbocycles. The highest BCUT2D eigenvalue weighted by atomic mass is 19.1. The number of rotatable bonds is 10. The van der Waals surface area contributed by atoms with E-state index in [1.165, 1.54) is 39.1 Å². The number of nitriles is 1. The van der Waals surface area contributed by atoms with Crippen molar-refractivity contribution >= 4 is 11.0 Å². The Morgan fingerprint density at radius 3 is 2.02 bits per heavy atom. The summed E-state index contributed by atoms with van der Waals surface area (Å²) in [5.41, 5.74) is 12.3. The number of hydrogen-bond acceptors (Lipinski definition) is 1. The highest BCUT2D eigenvalue weighted by molar-refractivity contribution is 5.79. The van der Waals surface area contributed by atoms with Crippen molar-refractivity contribution in [2.24, 2.45) is 5.41 Å².